The Morgan fingerprint density at radius 3 is 2.64 bits per heavy atom. The molecule has 2 aromatic heterocycles. The number of nitrogens with one attached hydrogen (secondary N) is 2. The number of hydrogen-bond donors (Lipinski definition) is 3. The first-order valence-electron chi connectivity index (χ1n) is 12.2. The summed E-state index contributed by atoms with van der Waals surface area (Å²) in [6.07, 6.45) is 2.02. The summed E-state index contributed by atoms with van der Waals surface area (Å²) in [4.78, 5) is 36.1. The number of ether oxygens (including phenoxy) is 1. The second-order valence-corrected chi connectivity index (χ2v) is 9.64. The highest BCUT2D eigenvalue weighted by molar-refractivity contribution is 5.88. The Morgan fingerprint density at radius 1 is 1.11 bits per heavy atom. The van der Waals surface area contributed by atoms with E-state index in [0.29, 0.717) is 31.8 Å². The van der Waals surface area contributed by atoms with Crippen LogP contribution >= 0.6 is 0 Å². The van der Waals surface area contributed by atoms with Crippen LogP contribution in [0.3, 0.4) is 0 Å². The molecular formula is C28H30N4O4. The number of carbonyl (C=O) groups excluding carboxylic acids is 1. The van der Waals surface area contributed by atoms with Crippen LogP contribution in [-0.4, -0.2) is 44.0 Å². The number of fused-ring (bicyclic) bond motifs is 1. The van der Waals surface area contributed by atoms with Gasteiger partial charge in [0.15, 0.2) is 0 Å². The number of aromatic hydroxyl groups is 1. The third-order valence-corrected chi connectivity index (χ3v) is 7.09. The van der Waals surface area contributed by atoms with E-state index in [4.69, 9.17) is 4.74 Å². The number of aromatic nitrogens is 3. The SMILES string of the molecule is Cc1cc(COc2ccc(C3(C)CCCN(CCc4[nH]c(=O)[nH]c4O)C3=O)cc2)c2ccccc2n1. The average Bonchev–Trinajstić information content (AvgIpc) is 3.20. The summed E-state index contributed by atoms with van der Waals surface area (Å²) in [5.74, 6) is 0.629. The molecule has 3 N–H and O–H groups in total. The van der Waals surface area contributed by atoms with Crippen molar-refractivity contribution in [3.63, 3.8) is 0 Å². The van der Waals surface area contributed by atoms with Crippen molar-refractivity contribution < 1.29 is 14.6 Å². The summed E-state index contributed by atoms with van der Waals surface area (Å²) >= 11 is 0. The topological polar surface area (TPSA) is 111 Å². The van der Waals surface area contributed by atoms with Crippen molar-refractivity contribution in [2.75, 3.05) is 13.1 Å². The summed E-state index contributed by atoms with van der Waals surface area (Å²) in [6.45, 7) is 5.48. The highest BCUT2D eigenvalue weighted by Crippen LogP contribution is 2.36. The molecule has 8 nitrogen and oxygen atoms in total. The van der Waals surface area contributed by atoms with E-state index in [2.05, 4.69) is 27.1 Å². The summed E-state index contributed by atoms with van der Waals surface area (Å²) in [7, 11) is 0. The number of hydrogen-bond acceptors (Lipinski definition) is 5. The number of pyridine rings is 1. The van der Waals surface area contributed by atoms with Gasteiger partial charge >= 0.3 is 5.69 Å². The van der Waals surface area contributed by atoms with Gasteiger partial charge in [-0.2, -0.15) is 0 Å². The van der Waals surface area contributed by atoms with Gasteiger partial charge in [0.2, 0.25) is 11.8 Å². The largest absolute Gasteiger partial charge is 0.493 e. The molecule has 1 atom stereocenters. The molecule has 0 bridgehead atoms. The van der Waals surface area contributed by atoms with Gasteiger partial charge in [-0.05, 0) is 56.5 Å². The van der Waals surface area contributed by atoms with Gasteiger partial charge in [0, 0.05) is 36.2 Å². The molecule has 1 aliphatic heterocycles. The van der Waals surface area contributed by atoms with Gasteiger partial charge < -0.3 is 19.7 Å². The van der Waals surface area contributed by atoms with Crippen molar-refractivity contribution in [1.29, 1.82) is 0 Å². The Labute approximate surface area is 209 Å². The normalized spacial score (nSPS) is 18.1. The van der Waals surface area contributed by atoms with Crippen molar-refractivity contribution in [2.24, 2.45) is 0 Å². The van der Waals surface area contributed by atoms with Crippen LogP contribution in [0.2, 0.25) is 0 Å². The number of rotatable bonds is 7. The van der Waals surface area contributed by atoms with Crippen LogP contribution in [-0.2, 0) is 23.2 Å². The molecule has 0 spiro atoms. The lowest BCUT2D eigenvalue weighted by Gasteiger charge is -2.40. The van der Waals surface area contributed by atoms with Gasteiger partial charge in [-0.25, -0.2) is 4.79 Å². The molecular weight excluding hydrogens is 456 g/mol. The van der Waals surface area contributed by atoms with E-state index in [1.54, 1.807) is 0 Å². The standard InChI is InChI=1S/C28H30N4O4/c1-18-16-19(22-6-3-4-7-23(22)29-18)17-36-21-10-8-20(9-11-21)28(2)13-5-14-32(26(28)34)15-12-24-25(33)31-27(35)30-24/h3-4,6-11,16,33H,5,12-15,17H2,1-2H3,(H2,30,31,35). The first-order chi connectivity index (χ1) is 17.3. The lowest BCUT2D eigenvalue weighted by atomic mass is 9.75. The molecule has 1 amide bonds. The number of nitrogens with zero attached hydrogens (tertiary/aromatic N) is 2. The maximum Gasteiger partial charge on any atom is 0.325 e. The molecule has 1 fully saturated rings. The molecule has 8 heteroatoms. The summed E-state index contributed by atoms with van der Waals surface area (Å²) in [5.41, 5.74) is 3.27. The van der Waals surface area contributed by atoms with Crippen molar-refractivity contribution >= 4 is 16.8 Å². The zero-order chi connectivity index (χ0) is 25.3. The fourth-order valence-electron chi connectivity index (χ4n) is 5.09. The van der Waals surface area contributed by atoms with E-state index in [0.717, 1.165) is 46.3 Å². The van der Waals surface area contributed by atoms with Crippen LogP contribution in [0.4, 0.5) is 0 Å². The second kappa shape index (κ2) is 9.53. The van der Waals surface area contributed by atoms with Gasteiger partial charge in [-0.15, -0.1) is 0 Å². The molecule has 5 rings (SSSR count). The highest BCUT2D eigenvalue weighted by atomic mass is 16.5. The average molecular weight is 487 g/mol. The van der Waals surface area contributed by atoms with E-state index in [1.165, 1.54) is 0 Å². The molecule has 1 aliphatic rings. The number of likely N-dealkylation sites (tertiary alicyclic amines) is 1. The maximum absolute atomic E-state index is 13.5. The quantitative estimate of drug-likeness (QED) is 0.366. The molecule has 186 valence electrons. The zero-order valence-corrected chi connectivity index (χ0v) is 20.5. The minimum atomic E-state index is -0.636. The number of benzene rings is 2. The molecule has 0 radical (unpaired) electrons. The smallest absolute Gasteiger partial charge is 0.325 e. The number of amides is 1. The summed E-state index contributed by atoms with van der Waals surface area (Å²) in [5, 5.41) is 10.9. The molecule has 2 aromatic carbocycles. The van der Waals surface area contributed by atoms with Crippen molar-refractivity contribution in [2.45, 2.75) is 45.1 Å². The van der Waals surface area contributed by atoms with Crippen LogP contribution in [0.1, 0.15) is 42.3 Å². The minimum absolute atomic E-state index is 0.0542. The lowest BCUT2D eigenvalue weighted by molar-refractivity contribution is -0.140. The number of H-pyrrole nitrogens is 2. The van der Waals surface area contributed by atoms with Crippen molar-refractivity contribution in [3.05, 3.63) is 87.6 Å². The first-order valence-corrected chi connectivity index (χ1v) is 12.2. The van der Waals surface area contributed by atoms with Crippen LogP contribution in [0.5, 0.6) is 11.6 Å². The zero-order valence-electron chi connectivity index (χ0n) is 20.5. The van der Waals surface area contributed by atoms with Gasteiger partial charge in [-0.1, -0.05) is 30.3 Å². The number of aryl methyl sites for hydroxylation is 1. The number of imidazole rings is 1. The molecule has 0 saturated carbocycles. The Kier molecular flexibility index (Phi) is 6.26. The predicted octanol–water partition coefficient (Wildman–Crippen LogP) is 3.97. The molecule has 1 saturated heterocycles. The van der Waals surface area contributed by atoms with E-state index < -0.39 is 11.1 Å². The summed E-state index contributed by atoms with van der Waals surface area (Å²) < 4.78 is 6.10. The Balaban J connectivity index is 1.27. The van der Waals surface area contributed by atoms with E-state index >= 15 is 0 Å². The fourth-order valence-corrected chi connectivity index (χ4v) is 5.09. The van der Waals surface area contributed by atoms with E-state index in [-0.39, 0.29) is 11.8 Å². The van der Waals surface area contributed by atoms with Crippen LogP contribution in [0.15, 0.2) is 59.4 Å². The number of carbonyl (C=O) groups is 1. The van der Waals surface area contributed by atoms with Gasteiger partial charge in [0.1, 0.15) is 12.4 Å². The lowest BCUT2D eigenvalue weighted by Crippen LogP contribution is -2.50. The molecule has 36 heavy (non-hydrogen) atoms. The second-order valence-electron chi connectivity index (χ2n) is 9.64. The first kappa shape index (κ1) is 23.7. The molecule has 0 aliphatic carbocycles. The number of piperidine rings is 1. The summed E-state index contributed by atoms with van der Waals surface area (Å²) in [6, 6.07) is 17.9. The van der Waals surface area contributed by atoms with Crippen molar-refractivity contribution in [3.8, 4) is 11.6 Å². The number of aromatic amines is 2. The monoisotopic (exact) mass is 486 g/mol. The van der Waals surface area contributed by atoms with E-state index in [1.807, 2.05) is 61.2 Å². The van der Waals surface area contributed by atoms with Gasteiger partial charge in [0.05, 0.1) is 16.6 Å². The van der Waals surface area contributed by atoms with Crippen LogP contribution in [0.25, 0.3) is 10.9 Å². The Bertz CT molecular complexity index is 1460. The predicted molar refractivity (Wildman–Crippen MR) is 137 cm³/mol. The van der Waals surface area contributed by atoms with Gasteiger partial charge in [0.25, 0.3) is 0 Å². The number of para-hydroxylation sites is 1. The fraction of sp³-hybridized carbons (Fsp3) is 0.321. The third-order valence-electron chi connectivity index (χ3n) is 7.09. The maximum atomic E-state index is 13.5. The minimum Gasteiger partial charge on any atom is -0.493 e. The Hall–Kier alpha value is -4.07. The molecule has 4 aromatic rings. The van der Waals surface area contributed by atoms with Crippen LogP contribution in [0, 0.1) is 6.92 Å². The van der Waals surface area contributed by atoms with Crippen LogP contribution < -0.4 is 10.4 Å². The van der Waals surface area contributed by atoms with E-state index in [9.17, 15) is 14.7 Å². The highest BCUT2D eigenvalue weighted by Gasteiger charge is 2.41. The molecule has 3 heterocycles. The van der Waals surface area contributed by atoms with Gasteiger partial charge in [-0.3, -0.25) is 14.8 Å². The molecule has 1 unspecified atom stereocenters. The third kappa shape index (κ3) is 4.58. The Morgan fingerprint density at radius 2 is 1.89 bits per heavy atom. The van der Waals surface area contributed by atoms with Crippen molar-refractivity contribution in [1.82, 2.24) is 19.9 Å².